The van der Waals surface area contributed by atoms with Crippen LogP contribution in [0.2, 0.25) is 0 Å². The van der Waals surface area contributed by atoms with E-state index in [9.17, 15) is 19.5 Å². The number of nitrogens with zero attached hydrogens (tertiary/aromatic N) is 3. The second kappa shape index (κ2) is 11.1. The van der Waals surface area contributed by atoms with Crippen molar-refractivity contribution in [3.63, 3.8) is 0 Å². The number of likely N-dealkylation sites (tertiary alicyclic amines) is 1. The van der Waals surface area contributed by atoms with Crippen LogP contribution in [0.3, 0.4) is 0 Å². The number of ketones is 1. The van der Waals surface area contributed by atoms with E-state index in [4.69, 9.17) is 15.2 Å². The van der Waals surface area contributed by atoms with Crippen molar-refractivity contribution < 1.29 is 29.0 Å². The van der Waals surface area contributed by atoms with Crippen molar-refractivity contribution >= 4 is 23.3 Å². The molecule has 1 aromatic rings. The number of β-amino-alcohol motifs (C(OH)–C–C–N with tert-alkyl or cyclic N) is 1. The lowest BCUT2D eigenvalue weighted by Gasteiger charge is -2.37. The normalized spacial score (nSPS) is 27.6. The smallest absolute Gasteiger partial charge is 0.249 e. The Labute approximate surface area is 217 Å². The predicted octanol–water partition coefficient (Wildman–Crippen LogP) is 0.367. The van der Waals surface area contributed by atoms with Gasteiger partial charge in [-0.3, -0.25) is 19.3 Å². The molecule has 0 radical (unpaired) electrons. The first-order valence-electron chi connectivity index (χ1n) is 13.4. The summed E-state index contributed by atoms with van der Waals surface area (Å²) in [6, 6.07) is 4.84. The van der Waals surface area contributed by atoms with Crippen LogP contribution in [0.1, 0.15) is 47.5 Å². The van der Waals surface area contributed by atoms with Gasteiger partial charge < -0.3 is 30.1 Å². The molecule has 0 unspecified atom stereocenters. The summed E-state index contributed by atoms with van der Waals surface area (Å²) in [5.74, 6) is -1.54. The average Bonchev–Trinajstić information content (AvgIpc) is 3.63. The summed E-state index contributed by atoms with van der Waals surface area (Å²) in [5, 5.41) is 10.5. The summed E-state index contributed by atoms with van der Waals surface area (Å²) in [6.45, 7) is 5.00. The molecule has 0 bridgehead atoms. The Morgan fingerprint density at radius 3 is 2.59 bits per heavy atom. The van der Waals surface area contributed by atoms with Crippen molar-refractivity contribution in [3.8, 4) is 0 Å². The zero-order valence-corrected chi connectivity index (χ0v) is 21.5. The zero-order chi connectivity index (χ0) is 26.1. The van der Waals surface area contributed by atoms with Gasteiger partial charge in [-0.2, -0.15) is 0 Å². The van der Waals surface area contributed by atoms with Crippen LogP contribution in [-0.2, 0) is 19.1 Å². The molecule has 3 aliphatic heterocycles. The fourth-order valence-electron chi connectivity index (χ4n) is 6.59. The van der Waals surface area contributed by atoms with Gasteiger partial charge in [0, 0.05) is 51.1 Å². The van der Waals surface area contributed by atoms with Gasteiger partial charge >= 0.3 is 0 Å². The van der Waals surface area contributed by atoms with Crippen LogP contribution < -0.4 is 10.6 Å². The Morgan fingerprint density at radius 2 is 1.92 bits per heavy atom. The zero-order valence-electron chi connectivity index (χ0n) is 21.5. The van der Waals surface area contributed by atoms with Crippen LogP contribution in [0.5, 0.6) is 0 Å². The van der Waals surface area contributed by atoms with Crippen LogP contribution in [0.4, 0.5) is 5.69 Å². The predicted molar refractivity (Wildman–Crippen MR) is 136 cm³/mol. The molecule has 37 heavy (non-hydrogen) atoms. The van der Waals surface area contributed by atoms with Gasteiger partial charge in [-0.15, -0.1) is 0 Å². The number of fused-ring (bicyclic) bond motifs is 1. The van der Waals surface area contributed by atoms with Gasteiger partial charge in [-0.1, -0.05) is 12.8 Å². The van der Waals surface area contributed by atoms with E-state index in [1.165, 1.54) is 4.90 Å². The molecule has 5 rings (SSSR count). The van der Waals surface area contributed by atoms with E-state index in [1.54, 1.807) is 13.2 Å². The quantitative estimate of drug-likeness (QED) is 0.510. The Hall–Kier alpha value is -2.53. The molecule has 0 aromatic heterocycles. The number of primary amides is 1. The highest BCUT2D eigenvalue weighted by atomic mass is 16.5. The maximum atomic E-state index is 14.2. The van der Waals surface area contributed by atoms with Crippen molar-refractivity contribution in [2.24, 2.45) is 11.7 Å². The van der Waals surface area contributed by atoms with Gasteiger partial charge in [-0.25, -0.2) is 0 Å². The lowest BCUT2D eigenvalue weighted by Crippen LogP contribution is -2.47. The molecule has 10 nitrogen and oxygen atoms in total. The number of benzene rings is 1. The molecule has 1 aliphatic carbocycles. The largest absolute Gasteiger partial charge is 0.388 e. The van der Waals surface area contributed by atoms with Gasteiger partial charge in [0.25, 0.3) is 0 Å². The summed E-state index contributed by atoms with van der Waals surface area (Å²) in [7, 11) is 1.71. The number of Topliss-reactive ketones (excluding diaryl/α,β-unsaturated/α-hetero) is 1. The van der Waals surface area contributed by atoms with Gasteiger partial charge in [0.05, 0.1) is 19.1 Å². The molecule has 0 spiro atoms. The van der Waals surface area contributed by atoms with Gasteiger partial charge in [-0.05, 0) is 42.5 Å². The van der Waals surface area contributed by atoms with Gasteiger partial charge in [0.1, 0.15) is 24.9 Å². The first-order valence-corrected chi connectivity index (χ1v) is 13.4. The highest BCUT2D eigenvalue weighted by molar-refractivity contribution is 5.99. The lowest BCUT2D eigenvalue weighted by molar-refractivity contribution is -0.139. The SMILES string of the molecule is COCCN1CCN(c2ccc(C(N)=O)c([C@@H](C(=O)N3C[C@@H](O)[C@H]4OCC(=O)[C@H]43)C3CCCC3)c2)CC1. The number of ether oxygens (including phenoxy) is 2. The number of hydrogen-bond acceptors (Lipinski definition) is 8. The molecule has 1 aromatic carbocycles. The van der Waals surface area contributed by atoms with Crippen molar-refractivity contribution in [1.29, 1.82) is 0 Å². The first kappa shape index (κ1) is 26.1. The van der Waals surface area contributed by atoms with Crippen molar-refractivity contribution in [1.82, 2.24) is 9.80 Å². The molecule has 2 amide bonds. The molecule has 202 valence electrons. The van der Waals surface area contributed by atoms with Crippen LogP contribution >= 0.6 is 0 Å². The van der Waals surface area contributed by atoms with E-state index < -0.39 is 30.1 Å². The Balaban J connectivity index is 1.46. The number of amides is 2. The molecule has 4 atom stereocenters. The number of carbonyl (C=O) groups is 3. The fraction of sp³-hybridized carbons (Fsp3) is 0.667. The third kappa shape index (κ3) is 5.12. The minimum atomic E-state index is -0.902. The maximum Gasteiger partial charge on any atom is 0.249 e. The molecule has 10 heteroatoms. The summed E-state index contributed by atoms with van der Waals surface area (Å²) < 4.78 is 10.7. The van der Waals surface area contributed by atoms with Crippen molar-refractivity contribution in [3.05, 3.63) is 29.3 Å². The number of methoxy groups -OCH3 is 1. The molecule has 1 saturated carbocycles. The van der Waals surface area contributed by atoms with E-state index in [1.807, 2.05) is 12.1 Å². The monoisotopic (exact) mass is 514 g/mol. The lowest BCUT2D eigenvalue weighted by atomic mass is 9.80. The molecular formula is C27H38N4O6. The second-order valence-electron chi connectivity index (χ2n) is 10.7. The minimum Gasteiger partial charge on any atom is -0.388 e. The van der Waals surface area contributed by atoms with Crippen LogP contribution in [0, 0.1) is 5.92 Å². The fourth-order valence-corrected chi connectivity index (χ4v) is 6.59. The summed E-state index contributed by atoms with van der Waals surface area (Å²) in [4.78, 5) is 45.5. The van der Waals surface area contributed by atoms with E-state index in [0.29, 0.717) is 17.7 Å². The molecule has 3 heterocycles. The minimum absolute atomic E-state index is 0.0420. The van der Waals surface area contributed by atoms with Crippen LogP contribution in [0.15, 0.2) is 18.2 Å². The topological polar surface area (TPSA) is 126 Å². The van der Waals surface area contributed by atoms with Crippen molar-refractivity contribution in [2.45, 2.75) is 49.9 Å². The molecule has 4 aliphatic rings. The third-order valence-corrected chi connectivity index (χ3v) is 8.56. The number of anilines is 1. The Kier molecular flexibility index (Phi) is 7.80. The number of nitrogens with two attached hydrogens (primary N) is 1. The Bertz CT molecular complexity index is 1020. The number of carbonyl (C=O) groups excluding carboxylic acids is 3. The summed E-state index contributed by atoms with van der Waals surface area (Å²) in [5.41, 5.74) is 7.76. The number of aliphatic hydroxyl groups excluding tert-OH is 1. The van der Waals surface area contributed by atoms with Gasteiger partial charge in [0.2, 0.25) is 11.8 Å². The van der Waals surface area contributed by atoms with Crippen LogP contribution in [0.25, 0.3) is 0 Å². The van der Waals surface area contributed by atoms with E-state index >= 15 is 0 Å². The number of piperazine rings is 1. The molecule has 3 N–H and O–H groups in total. The third-order valence-electron chi connectivity index (χ3n) is 8.56. The van der Waals surface area contributed by atoms with Gasteiger partial charge in [0.15, 0.2) is 5.78 Å². The summed E-state index contributed by atoms with van der Waals surface area (Å²) in [6.07, 6.45) is 2.18. The standard InChI is InChI=1S/C27H38N4O6/c1-36-13-12-29-8-10-30(11-9-29)18-6-7-19(26(28)34)20(14-18)23(17-4-2-3-5-17)27(35)31-15-21(32)25-24(31)22(33)16-37-25/h6-7,14,17,21,23-25,32H,2-5,8-13,15-16H2,1H3,(H2,28,34)/t21-,23+,24-,25-/m1/s1. The van der Waals surface area contributed by atoms with E-state index in [-0.39, 0.29) is 30.8 Å². The average molecular weight is 515 g/mol. The van der Waals surface area contributed by atoms with E-state index in [0.717, 1.165) is 64.1 Å². The number of aliphatic hydroxyl groups is 1. The van der Waals surface area contributed by atoms with Crippen LogP contribution in [-0.4, -0.2) is 110 Å². The highest BCUT2D eigenvalue weighted by Crippen LogP contribution is 2.42. The maximum absolute atomic E-state index is 14.2. The van der Waals surface area contributed by atoms with E-state index in [2.05, 4.69) is 9.80 Å². The molecular weight excluding hydrogens is 476 g/mol. The highest BCUT2D eigenvalue weighted by Gasteiger charge is 2.53. The molecule has 3 saturated heterocycles. The summed E-state index contributed by atoms with van der Waals surface area (Å²) >= 11 is 0. The first-order chi connectivity index (χ1) is 17.9. The second-order valence-corrected chi connectivity index (χ2v) is 10.7. The Morgan fingerprint density at radius 1 is 1.19 bits per heavy atom. The van der Waals surface area contributed by atoms with Crippen molar-refractivity contribution in [2.75, 3.05) is 64.5 Å². The molecule has 4 fully saturated rings. The number of rotatable bonds is 8. The number of hydrogen-bond donors (Lipinski definition) is 2.